The van der Waals surface area contributed by atoms with Crippen molar-refractivity contribution in [1.29, 1.82) is 0 Å². The van der Waals surface area contributed by atoms with Crippen LogP contribution in [0.25, 0.3) is 0 Å². The van der Waals surface area contributed by atoms with E-state index in [9.17, 15) is 9.59 Å². The van der Waals surface area contributed by atoms with Crippen molar-refractivity contribution < 1.29 is 9.59 Å². The zero-order valence-corrected chi connectivity index (χ0v) is 12.0. The van der Waals surface area contributed by atoms with E-state index in [1.54, 1.807) is 0 Å². The summed E-state index contributed by atoms with van der Waals surface area (Å²) in [6, 6.07) is 3.72. The predicted molar refractivity (Wildman–Crippen MR) is 74.3 cm³/mol. The van der Waals surface area contributed by atoms with Crippen LogP contribution in [0.15, 0.2) is 12.1 Å². The maximum absolute atomic E-state index is 12.4. The second-order valence-corrected chi connectivity index (χ2v) is 7.14. The van der Waals surface area contributed by atoms with E-state index in [1.807, 2.05) is 19.1 Å². The van der Waals surface area contributed by atoms with Gasteiger partial charge in [0.25, 0.3) is 0 Å². The van der Waals surface area contributed by atoms with Crippen molar-refractivity contribution in [3.63, 3.8) is 0 Å². The summed E-state index contributed by atoms with van der Waals surface area (Å²) in [5.74, 6) is 0.377. The maximum Gasteiger partial charge on any atom is 0.205 e. The van der Waals surface area contributed by atoms with Crippen LogP contribution in [0.5, 0.6) is 0 Å². The maximum atomic E-state index is 12.4. The highest BCUT2D eigenvalue weighted by Crippen LogP contribution is 2.38. The van der Waals surface area contributed by atoms with E-state index in [0.717, 1.165) is 9.75 Å². The highest BCUT2D eigenvalue weighted by atomic mass is 32.1. The summed E-state index contributed by atoms with van der Waals surface area (Å²) >= 11 is 2.88. The average Bonchev–Trinajstić information content (AvgIpc) is 2.89. The summed E-state index contributed by atoms with van der Waals surface area (Å²) in [6.45, 7) is 6.08. The Morgan fingerprint density at radius 3 is 2.11 bits per heavy atom. The normalized spacial score (nSPS) is 14.0. The number of ketones is 2. The third kappa shape index (κ3) is 1.52. The van der Waals surface area contributed by atoms with Crippen LogP contribution in [0.1, 0.15) is 60.0 Å². The molecule has 0 fully saturated rings. The van der Waals surface area contributed by atoms with Gasteiger partial charge in [-0.25, -0.2) is 0 Å². The predicted octanol–water partition coefficient (Wildman–Crippen LogP) is 4.02. The monoisotopic (exact) mass is 276 g/mol. The lowest BCUT2D eigenvalue weighted by Gasteiger charge is -2.08. The van der Waals surface area contributed by atoms with Gasteiger partial charge in [-0.3, -0.25) is 9.59 Å². The lowest BCUT2D eigenvalue weighted by molar-refractivity contribution is 0.0986. The number of fused-ring (bicyclic) bond motifs is 2. The van der Waals surface area contributed by atoms with E-state index < -0.39 is 0 Å². The zero-order valence-electron chi connectivity index (χ0n) is 10.4. The zero-order chi connectivity index (χ0) is 13.0. The molecule has 0 saturated heterocycles. The van der Waals surface area contributed by atoms with E-state index in [-0.39, 0.29) is 11.6 Å². The SMILES string of the molecule is Cc1cc2c(s1)C(=O)c1cc(C(C)C)sc1C2=O. The van der Waals surface area contributed by atoms with Crippen molar-refractivity contribution in [3.05, 3.63) is 42.8 Å². The summed E-state index contributed by atoms with van der Waals surface area (Å²) in [7, 11) is 0. The Hall–Kier alpha value is -1.26. The van der Waals surface area contributed by atoms with Crippen LogP contribution >= 0.6 is 22.7 Å². The Morgan fingerprint density at radius 1 is 0.944 bits per heavy atom. The quantitative estimate of drug-likeness (QED) is 0.673. The summed E-state index contributed by atoms with van der Waals surface area (Å²) < 4.78 is 0. The smallest absolute Gasteiger partial charge is 0.205 e. The van der Waals surface area contributed by atoms with Gasteiger partial charge in [-0.2, -0.15) is 0 Å². The molecule has 0 aromatic carbocycles. The molecule has 0 spiro atoms. The molecule has 1 aliphatic rings. The highest BCUT2D eigenvalue weighted by Gasteiger charge is 2.33. The number of aryl methyl sites for hydroxylation is 1. The van der Waals surface area contributed by atoms with Crippen LogP contribution in [0.4, 0.5) is 0 Å². The van der Waals surface area contributed by atoms with Crippen molar-refractivity contribution in [3.8, 4) is 0 Å². The molecule has 0 unspecified atom stereocenters. The lowest BCUT2D eigenvalue weighted by atomic mass is 9.95. The van der Waals surface area contributed by atoms with Crippen molar-refractivity contribution >= 4 is 34.2 Å². The number of carbonyl (C=O) groups excluding carboxylic acids is 2. The van der Waals surface area contributed by atoms with Crippen LogP contribution in [-0.2, 0) is 0 Å². The van der Waals surface area contributed by atoms with Gasteiger partial charge in [0.15, 0.2) is 0 Å². The minimum absolute atomic E-state index is 0.0147. The minimum Gasteiger partial charge on any atom is -0.288 e. The van der Waals surface area contributed by atoms with Gasteiger partial charge in [0.1, 0.15) is 0 Å². The molecule has 4 heteroatoms. The molecule has 0 N–H and O–H groups in total. The van der Waals surface area contributed by atoms with Crippen LogP contribution in [0.2, 0.25) is 0 Å². The van der Waals surface area contributed by atoms with E-state index >= 15 is 0 Å². The summed E-state index contributed by atoms with van der Waals surface area (Å²) in [5, 5.41) is 0. The molecule has 3 rings (SSSR count). The van der Waals surface area contributed by atoms with Gasteiger partial charge in [0, 0.05) is 20.9 Å². The van der Waals surface area contributed by atoms with Gasteiger partial charge in [0.05, 0.1) is 9.75 Å². The van der Waals surface area contributed by atoms with Crippen molar-refractivity contribution in [2.45, 2.75) is 26.7 Å². The molecule has 2 aromatic rings. The molecule has 2 nitrogen and oxygen atoms in total. The third-order valence-corrected chi connectivity index (χ3v) is 5.56. The summed E-state index contributed by atoms with van der Waals surface area (Å²) in [6.07, 6.45) is 0. The van der Waals surface area contributed by atoms with Crippen molar-refractivity contribution in [1.82, 2.24) is 0 Å². The Bertz CT molecular complexity index is 623. The highest BCUT2D eigenvalue weighted by molar-refractivity contribution is 7.17. The molecule has 1 aliphatic carbocycles. The first kappa shape index (κ1) is 11.8. The molecule has 2 heterocycles. The molecular weight excluding hydrogens is 264 g/mol. The van der Waals surface area contributed by atoms with Crippen molar-refractivity contribution in [2.75, 3.05) is 0 Å². The first-order chi connectivity index (χ1) is 8.49. The Labute approximate surface area is 113 Å². The fourth-order valence-electron chi connectivity index (χ4n) is 2.13. The fraction of sp³-hybridized carbons (Fsp3) is 0.286. The molecule has 0 radical (unpaired) electrons. The molecule has 2 aromatic heterocycles. The number of rotatable bonds is 1. The standard InChI is InChI=1S/C14H12O2S2/c1-6(2)10-5-9-12(16)13-8(4-7(3)17-13)11(15)14(9)18-10/h4-6H,1-3H3. The molecule has 0 atom stereocenters. The van der Waals surface area contributed by atoms with Crippen LogP contribution in [0, 0.1) is 6.92 Å². The largest absolute Gasteiger partial charge is 0.288 e. The summed E-state index contributed by atoms with van der Waals surface area (Å²) in [4.78, 5) is 28.1. The number of thiophene rings is 2. The van der Waals surface area contributed by atoms with Crippen LogP contribution in [0.3, 0.4) is 0 Å². The van der Waals surface area contributed by atoms with Gasteiger partial charge in [-0.1, -0.05) is 13.8 Å². The Balaban J connectivity index is 2.22. The van der Waals surface area contributed by atoms with Gasteiger partial charge in [-0.05, 0) is 25.0 Å². The molecule has 0 bridgehead atoms. The number of hydrogen-bond donors (Lipinski definition) is 0. The summed E-state index contributed by atoms with van der Waals surface area (Å²) in [5.41, 5.74) is 1.19. The first-order valence-electron chi connectivity index (χ1n) is 5.82. The molecule has 92 valence electrons. The molecule has 0 saturated carbocycles. The van der Waals surface area contributed by atoms with Gasteiger partial charge in [-0.15, -0.1) is 22.7 Å². The third-order valence-electron chi connectivity index (χ3n) is 3.08. The molecule has 0 aliphatic heterocycles. The van der Waals surface area contributed by atoms with Gasteiger partial charge < -0.3 is 0 Å². The first-order valence-corrected chi connectivity index (χ1v) is 7.46. The Morgan fingerprint density at radius 2 is 1.50 bits per heavy atom. The van der Waals surface area contributed by atoms with E-state index in [2.05, 4.69) is 13.8 Å². The number of carbonyl (C=O) groups is 2. The number of hydrogen-bond acceptors (Lipinski definition) is 4. The van der Waals surface area contributed by atoms with E-state index in [4.69, 9.17) is 0 Å². The molecule has 18 heavy (non-hydrogen) atoms. The van der Waals surface area contributed by atoms with Crippen LogP contribution in [-0.4, -0.2) is 11.6 Å². The Kier molecular flexibility index (Phi) is 2.54. The van der Waals surface area contributed by atoms with Gasteiger partial charge >= 0.3 is 0 Å². The lowest BCUT2D eigenvalue weighted by Crippen LogP contribution is -2.15. The van der Waals surface area contributed by atoms with Crippen LogP contribution < -0.4 is 0 Å². The van der Waals surface area contributed by atoms with E-state index in [0.29, 0.717) is 26.8 Å². The van der Waals surface area contributed by atoms with E-state index in [1.165, 1.54) is 22.7 Å². The minimum atomic E-state index is 0.0147. The fourth-order valence-corrected chi connectivity index (χ4v) is 4.20. The van der Waals surface area contributed by atoms with Gasteiger partial charge in [0.2, 0.25) is 11.6 Å². The average molecular weight is 276 g/mol. The second kappa shape index (κ2) is 3.87. The second-order valence-electron chi connectivity index (χ2n) is 4.80. The topological polar surface area (TPSA) is 34.1 Å². The van der Waals surface area contributed by atoms with Crippen molar-refractivity contribution in [2.24, 2.45) is 0 Å². The molecular formula is C14H12O2S2. The molecule has 0 amide bonds.